The second-order valence-electron chi connectivity index (χ2n) is 6.10. The van der Waals surface area contributed by atoms with E-state index in [1.54, 1.807) is 0 Å². The normalized spacial score (nSPS) is 12.3. The second-order valence-corrected chi connectivity index (χ2v) is 9.86. The van der Waals surface area contributed by atoms with Crippen LogP contribution in [0.15, 0.2) is 60.7 Å². The van der Waals surface area contributed by atoms with Crippen molar-refractivity contribution in [2.24, 2.45) is 0 Å². The number of unbranched alkanes of at least 4 members (excludes halogenated alkanes) is 1. The van der Waals surface area contributed by atoms with Crippen molar-refractivity contribution in [3.05, 3.63) is 71.8 Å². The fourth-order valence-corrected chi connectivity index (χ4v) is 5.61. The standard InChI is InChI=1S/C20H26I2N3O/c1-23-15-9-8-14-18(25-22-21)20(26)24-19(16-10-4-2-5-11-16)17-12-6-3-7-13-17/h2-7,10-13,18-19,23,25H,8-9,14-15H2,1H3,(H,24,26)/q-1. The molecule has 0 aliphatic rings. The molecular formula is C20H26I2N3O-. The molecule has 1 unspecified atom stereocenters. The number of amides is 1. The number of carbonyl (C=O) groups is 1. The van der Waals surface area contributed by atoms with Gasteiger partial charge in [-0.2, -0.15) is 0 Å². The van der Waals surface area contributed by atoms with E-state index in [-0.39, 0.29) is 35.5 Å². The van der Waals surface area contributed by atoms with E-state index >= 15 is 0 Å². The molecule has 1 amide bonds. The maximum atomic E-state index is 13.0. The van der Waals surface area contributed by atoms with Crippen LogP contribution >= 0.6 is 18.6 Å². The molecule has 0 aliphatic heterocycles. The van der Waals surface area contributed by atoms with Crippen molar-refractivity contribution in [2.75, 3.05) is 13.6 Å². The summed E-state index contributed by atoms with van der Waals surface area (Å²) in [6.45, 7) is 0.990. The van der Waals surface area contributed by atoms with E-state index in [0.29, 0.717) is 0 Å². The molecule has 0 fully saturated rings. The van der Waals surface area contributed by atoms with Gasteiger partial charge < -0.3 is 0 Å². The molecule has 6 heteroatoms. The van der Waals surface area contributed by atoms with Crippen molar-refractivity contribution in [1.29, 1.82) is 0 Å². The molecule has 4 nitrogen and oxygen atoms in total. The van der Waals surface area contributed by atoms with E-state index in [0.717, 1.165) is 36.9 Å². The minimum absolute atomic E-state index is 0.0866. The summed E-state index contributed by atoms with van der Waals surface area (Å²) in [7, 11) is 1.96. The van der Waals surface area contributed by atoms with Crippen molar-refractivity contribution in [2.45, 2.75) is 31.3 Å². The zero-order valence-corrected chi connectivity index (χ0v) is 19.2. The predicted molar refractivity (Wildman–Crippen MR) is 112 cm³/mol. The van der Waals surface area contributed by atoms with Crippen LogP contribution in [0.4, 0.5) is 0 Å². The molecule has 0 heterocycles. The first-order valence-electron chi connectivity index (χ1n) is 8.81. The van der Waals surface area contributed by atoms with Crippen LogP contribution in [-0.4, -0.2) is 25.5 Å². The third kappa shape index (κ3) is 7.13. The average molecular weight is 578 g/mol. The molecule has 3 N–H and O–H groups in total. The molecule has 26 heavy (non-hydrogen) atoms. The Labute approximate surface area is 176 Å². The molecule has 0 spiro atoms. The molecule has 0 saturated carbocycles. The van der Waals surface area contributed by atoms with Crippen molar-refractivity contribution >= 4 is 24.5 Å². The Bertz CT molecular complexity index is 601. The van der Waals surface area contributed by atoms with Crippen molar-refractivity contribution in [3.8, 4) is 0 Å². The van der Waals surface area contributed by atoms with Crippen LogP contribution in [-0.2, 0) is 4.79 Å². The van der Waals surface area contributed by atoms with E-state index in [9.17, 15) is 4.79 Å². The van der Waals surface area contributed by atoms with E-state index in [2.05, 4.69) is 57.0 Å². The molecule has 0 aromatic heterocycles. The fraction of sp³-hybridized carbons (Fsp3) is 0.350. The van der Waals surface area contributed by atoms with Crippen LogP contribution in [0.2, 0.25) is 0 Å². The van der Waals surface area contributed by atoms with Gasteiger partial charge in [-0.05, 0) is 0 Å². The second kappa shape index (κ2) is 12.6. The predicted octanol–water partition coefficient (Wildman–Crippen LogP) is 0.594. The SMILES string of the molecule is CNCCCCC(N[I-]I)C(=O)NC(c1ccccc1)c1ccccc1. The Morgan fingerprint density at radius 3 is 2.08 bits per heavy atom. The molecular weight excluding hydrogens is 552 g/mol. The van der Waals surface area contributed by atoms with Gasteiger partial charge in [-0.15, -0.1) is 0 Å². The minimum atomic E-state index is -0.185. The molecule has 0 aliphatic carbocycles. The molecule has 2 aromatic rings. The first-order chi connectivity index (χ1) is 12.8. The van der Waals surface area contributed by atoms with Crippen LogP contribution in [0.25, 0.3) is 0 Å². The van der Waals surface area contributed by atoms with Gasteiger partial charge in [0.05, 0.1) is 0 Å². The zero-order valence-electron chi connectivity index (χ0n) is 14.9. The van der Waals surface area contributed by atoms with Gasteiger partial charge in [0, 0.05) is 0 Å². The summed E-state index contributed by atoms with van der Waals surface area (Å²) in [6, 6.07) is 20.1. The number of benzene rings is 2. The summed E-state index contributed by atoms with van der Waals surface area (Å²) in [4.78, 5) is 13.0. The third-order valence-electron chi connectivity index (χ3n) is 4.21. The summed E-state index contributed by atoms with van der Waals surface area (Å²) < 4.78 is 3.43. The summed E-state index contributed by atoms with van der Waals surface area (Å²) in [5.41, 5.74) is 2.20. The Balaban J connectivity index is 2.11. The number of nitrogens with one attached hydrogen (secondary N) is 3. The van der Waals surface area contributed by atoms with E-state index in [4.69, 9.17) is 0 Å². The topological polar surface area (TPSA) is 53.2 Å². The monoisotopic (exact) mass is 578 g/mol. The summed E-state index contributed by atoms with van der Waals surface area (Å²) >= 11 is 2.18. The van der Waals surface area contributed by atoms with E-state index in [1.807, 2.05) is 43.4 Å². The Morgan fingerprint density at radius 2 is 1.58 bits per heavy atom. The van der Waals surface area contributed by atoms with Crippen LogP contribution in [0.1, 0.15) is 36.4 Å². The Morgan fingerprint density at radius 1 is 1.00 bits per heavy atom. The van der Waals surface area contributed by atoms with E-state index in [1.165, 1.54) is 0 Å². The molecule has 142 valence electrons. The van der Waals surface area contributed by atoms with Crippen molar-refractivity contribution in [1.82, 2.24) is 14.2 Å². The molecule has 0 bridgehead atoms. The van der Waals surface area contributed by atoms with Crippen LogP contribution < -0.4 is 31.7 Å². The van der Waals surface area contributed by atoms with Crippen molar-refractivity contribution in [3.63, 3.8) is 0 Å². The van der Waals surface area contributed by atoms with Crippen LogP contribution in [0.3, 0.4) is 0 Å². The number of hydrogen-bond acceptors (Lipinski definition) is 3. The first kappa shape index (κ1) is 21.6. The van der Waals surface area contributed by atoms with Crippen LogP contribution in [0, 0.1) is 0 Å². The van der Waals surface area contributed by atoms with Gasteiger partial charge in [-0.3, -0.25) is 0 Å². The summed E-state index contributed by atoms with van der Waals surface area (Å²) in [5.74, 6) is 0.0866. The Hall–Kier alpha value is -0.710. The molecule has 2 aromatic carbocycles. The number of rotatable bonds is 11. The van der Waals surface area contributed by atoms with Gasteiger partial charge in [-0.1, -0.05) is 0 Å². The van der Waals surface area contributed by atoms with Crippen LogP contribution in [0.5, 0.6) is 0 Å². The van der Waals surface area contributed by atoms with Gasteiger partial charge in [0.15, 0.2) is 0 Å². The van der Waals surface area contributed by atoms with Gasteiger partial charge in [0.2, 0.25) is 0 Å². The first-order valence-corrected chi connectivity index (χ1v) is 16.2. The summed E-state index contributed by atoms with van der Waals surface area (Å²) in [6.07, 6.45) is 2.99. The maximum absolute atomic E-state index is 13.0. The summed E-state index contributed by atoms with van der Waals surface area (Å²) in [5, 5.41) is 6.43. The quantitative estimate of drug-likeness (QED) is 0.208. The number of halogens is 2. The number of carbonyl (C=O) groups excluding carboxylic acids is 1. The number of hydrogen-bond donors (Lipinski definition) is 3. The van der Waals surface area contributed by atoms with Crippen molar-refractivity contribution < 1.29 is 22.3 Å². The average Bonchev–Trinajstić information content (AvgIpc) is 2.69. The molecule has 1 atom stereocenters. The third-order valence-corrected chi connectivity index (χ3v) is 6.78. The molecule has 0 saturated heterocycles. The zero-order chi connectivity index (χ0) is 18.6. The van der Waals surface area contributed by atoms with Gasteiger partial charge >= 0.3 is 178 Å². The van der Waals surface area contributed by atoms with Gasteiger partial charge in [0.25, 0.3) is 0 Å². The Kier molecular flexibility index (Phi) is 10.5. The van der Waals surface area contributed by atoms with Gasteiger partial charge in [-0.25, -0.2) is 0 Å². The van der Waals surface area contributed by atoms with Gasteiger partial charge in [0.1, 0.15) is 0 Å². The molecule has 2 rings (SSSR count). The fourth-order valence-electron chi connectivity index (χ4n) is 2.83. The van der Waals surface area contributed by atoms with E-state index < -0.39 is 0 Å². The molecule has 0 radical (unpaired) electrons.